The highest BCUT2D eigenvalue weighted by Crippen LogP contribution is 2.47. The molecule has 5 heteroatoms. The van der Waals surface area contributed by atoms with E-state index in [1.165, 1.54) is 0 Å². The second-order valence-electron chi connectivity index (χ2n) is 7.49. The summed E-state index contributed by atoms with van der Waals surface area (Å²) in [5.41, 5.74) is 4.09. The maximum atomic E-state index is 10.1. The van der Waals surface area contributed by atoms with Crippen LogP contribution in [0.5, 0.6) is 17.2 Å². The first kappa shape index (κ1) is 19.2. The standard InChI is InChI=1S/C24H26N2O3/c1-27-19-9-6-16(7-10-19)24-20(14-18-5-4-12-26(18)21(24)15-25)17-8-11-22(28-2)23(13-17)29-3/h6-11,13,18,20H,4-5,12,14H2,1-3H3/t18-,20-/m0/s1. The molecular formula is C24H26N2O3. The summed E-state index contributed by atoms with van der Waals surface area (Å²) in [4.78, 5) is 2.30. The minimum absolute atomic E-state index is 0.122. The Morgan fingerprint density at radius 1 is 0.966 bits per heavy atom. The first-order valence-corrected chi connectivity index (χ1v) is 9.97. The van der Waals surface area contributed by atoms with Gasteiger partial charge < -0.3 is 19.1 Å². The van der Waals surface area contributed by atoms with Gasteiger partial charge in [-0.15, -0.1) is 0 Å². The van der Waals surface area contributed by atoms with Gasteiger partial charge in [-0.25, -0.2) is 0 Å². The molecule has 2 atom stereocenters. The lowest BCUT2D eigenvalue weighted by molar-refractivity contribution is 0.293. The van der Waals surface area contributed by atoms with Crippen LogP contribution in [0.15, 0.2) is 48.2 Å². The smallest absolute Gasteiger partial charge is 0.161 e. The van der Waals surface area contributed by atoms with E-state index >= 15 is 0 Å². The van der Waals surface area contributed by atoms with Gasteiger partial charge in [0.25, 0.3) is 0 Å². The maximum absolute atomic E-state index is 10.1. The summed E-state index contributed by atoms with van der Waals surface area (Å²) >= 11 is 0. The molecule has 4 rings (SSSR count). The molecule has 0 amide bonds. The van der Waals surface area contributed by atoms with Crippen molar-refractivity contribution in [2.24, 2.45) is 0 Å². The third-order valence-electron chi connectivity index (χ3n) is 6.09. The fraction of sp³-hybridized carbons (Fsp3) is 0.375. The second-order valence-corrected chi connectivity index (χ2v) is 7.49. The van der Waals surface area contributed by atoms with Crippen molar-refractivity contribution in [2.75, 3.05) is 27.9 Å². The minimum Gasteiger partial charge on any atom is -0.497 e. The van der Waals surface area contributed by atoms with Crippen LogP contribution in [0.3, 0.4) is 0 Å². The Hall–Kier alpha value is -3.13. The number of ether oxygens (including phenoxy) is 3. The molecule has 0 spiro atoms. The summed E-state index contributed by atoms with van der Waals surface area (Å²) in [6.07, 6.45) is 3.25. The molecule has 5 nitrogen and oxygen atoms in total. The molecule has 0 bridgehead atoms. The van der Waals surface area contributed by atoms with Crippen molar-refractivity contribution in [3.8, 4) is 23.3 Å². The van der Waals surface area contributed by atoms with Crippen molar-refractivity contribution in [1.82, 2.24) is 4.90 Å². The average Bonchev–Trinajstić information content (AvgIpc) is 3.25. The summed E-state index contributed by atoms with van der Waals surface area (Å²) in [6.45, 7) is 0.950. The summed E-state index contributed by atoms with van der Waals surface area (Å²) in [6, 6.07) is 17.0. The van der Waals surface area contributed by atoms with E-state index in [-0.39, 0.29) is 5.92 Å². The van der Waals surface area contributed by atoms with Crippen LogP contribution < -0.4 is 14.2 Å². The number of rotatable bonds is 5. The van der Waals surface area contributed by atoms with Crippen LogP contribution >= 0.6 is 0 Å². The van der Waals surface area contributed by atoms with Gasteiger partial charge in [0.05, 0.1) is 21.3 Å². The highest BCUT2D eigenvalue weighted by atomic mass is 16.5. The summed E-state index contributed by atoms with van der Waals surface area (Å²) in [7, 11) is 4.96. The van der Waals surface area contributed by atoms with Crippen molar-refractivity contribution in [3.05, 3.63) is 59.3 Å². The number of nitrogens with zero attached hydrogens (tertiary/aromatic N) is 2. The highest BCUT2D eigenvalue weighted by molar-refractivity contribution is 5.78. The van der Waals surface area contributed by atoms with Gasteiger partial charge in [-0.05, 0) is 54.7 Å². The van der Waals surface area contributed by atoms with Gasteiger partial charge in [0.1, 0.15) is 17.5 Å². The Balaban J connectivity index is 1.86. The van der Waals surface area contributed by atoms with E-state index in [0.29, 0.717) is 17.5 Å². The molecule has 0 N–H and O–H groups in total. The van der Waals surface area contributed by atoms with Gasteiger partial charge in [-0.2, -0.15) is 5.26 Å². The Morgan fingerprint density at radius 3 is 2.38 bits per heavy atom. The molecule has 29 heavy (non-hydrogen) atoms. The summed E-state index contributed by atoms with van der Waals surface area (Å²) in [5, 5.41) is 10.1. The molecule has 2 aliphatic rings. The van der Waals surface area contributed by atoms with Crippen molar-refractivity contribution in [2.45, 2.75) is 31.2 Å². The van der Waals surface area contributed by atoms with Crippen LogP contribution in [0.4, 0.5) is 0 Å². The molecule has 2 aromatic rings. The zero-order chi connectivity index (χ0) is 20.4. The zero-order valence-electron chi connectivity index (χ0n) is 17.1. The van der Waals surface area contributed by atoms with Crippen LogP contribution in [0.2, 0.25) is 0 Å². The molecule has 0 aliphatic carbocycles. The number of benzene rings is 2. The van der Waals surface area contributed by atoms with Crippen LogP contribution in [0.25, 0.3) is 5.57 Å². The Kier molecular flexibility index (Phi) is 5.35. The lowest BCUT2D eigenvalue weighted by Gasteiger charge is -2.38. The van der Waals surface area contributed by atoms with Gasteiger partial charge >= 0.3 is 0 Å². The molecule has 1 fully saturated rings. The maximum Gasteiger partial charge on any atom is 0.161 e. The lowest BCUT2D eigenvalue weighted by atomic mass is 9.78. The predicted molar refractivity (Wildman–Crippen MR) is 112 cm³/mol. The fourth-order valence-electron chi connectivity index (χ4n) is 4.69. The number of hydrogen-bond acceptors (Lipinski definition) is 5. The molecule has 2 aromatic carbocycles. The Morgan fingerprint density at radius 2 is 1.72 bits per heavy atom. The quantitative estimate of drug-likeness (QED) is 0.747. The van der Waals surface area contributed by atoms with Gasteiger partial charge in [0, 0.05) is 24.1 Å². The average molecular weight is 390 g/mol. The van der Waals surface area contributed by atoms with E-state index in [2.05, 4.69) is 29.2 Å². The van der Waals surface area contributed by atoms with Gasteiger partial charge in [-0.3, -0.25) is 0 Å². The molecule has 150 valence electrons. The zero-order valence-corrected chi connectivity index (χ0v) is 17.1. The van der Waals surface area contributed by atoms with E-state index in [9.17, 15) is 5.26 Å². The molecule has 0 saturated carbocycles. The van der Waals surface area contributed by atoms with Crippen LogP contribution in [0.1, 0.15) is 36.3 Å². The van der Waals surface area contributed by atoms with E-state index in [0.717, 1.165) is 54.0 Å². The van der Waals surface area contributed by atoms with Gasteiger partial charge in [0.15, 0.2) is 11.5 Å². The third kappa shape index (κ3) is 3.40. The van der Waals surface area contributed by atoms with Gasteiger partial charge in [-0.1, -0.05) is 18.2 Å². The van der Waals surface area contributed by atoms with Gasteiger partial charge in [0.2, 0.25) is 0 Å². The van der Waals surface area contributed by atoms with E-state index in [1.807, 2.05) is 24.3 Å². The SMILES string of the molecule is COc1ccc(C2=C(C#N)N3CCC[C@H]3C[C@H]2c2ccc(OC)c(OC)c2)cc1. The number of fused-ring (bicyclic) bond motifs is 1. The number of nitriles is 1. The normalized spacial score (nSPS) is 20.8. The summed E-state index contributed by atoms with van der Waals surface area (Å²) < 4.78 is 16.3. The van der Waals surface area contributed by atoms with Crippen molar-refractivity contribution >= 4 is 5.57 Å². The number of methoxy groups -OCH3 is 3. The Bertz CT molecular complexity index is 959. The van der Waals surface area contributed by atoms with Crippen LogP contribution in [0, 0.1) is 11.3 Å². The number of hydrogen-bond donors (Lipinski definition) is 0. The van der Waals surface area contributed by atoms with Crippen molar-refractivity contribution in [1.29, 1.82) is 5.26 Å². The molecule has 1 saturated heterocycles. The molecule has 2 aliphatic heterocycles. The predicted octanol–water partition coefficient (Wildman–Crippen LogP) is 4.60. The molecule has 0 aromatic heterocycles. The first-order chi connectivity index (χ1) is 14.2. The largest absolute Gasteiger partial charge is 0.497 e. The van der Waals surface area contributed by atoms with Crippen molar-refractivity contribution in [3.63, 3.8) is 0 Å². The molecular weight excluding hydrogens is 364 g/mol. The first-order valence-electron chi connectivity index (χ1n) is 9.97. The highest BCUT2D eigenvalue weighted by Gasteiger charge is 2.38. The Labute approximate surface area is 172 Å². The molecule has 0 unspecified atom stereocenters. The van der Waals surface area contributed by atoms with Crippen LogP contribution in [-0.4, -0.2) is 38.8 Å². The molecule has 2 heterocycles. The second kappa shape index (κ2) is 8.08. The monoisotopic (exact) mass is 390 g/mol. The van der Waals surface area contributed by atoms with Crippen LogP contribution in [-0.2, 0) is 0 Å². The third-order valence-corrected chi connectivity index (χ3v) is 6.09. The van der Waals surface area contributed by atoms with E-state index in [4.69, 9.17) is 14.2 Å². The van der Waals surface area contributed by atoms with E-state index < -0.39 is 0 Å². The summed E-state index contributed by atoms with van der Waals surface area (Å²) in [5.74, 6) is 2.36. The minimum atomic E-state index is 0.122. The molecule has 0 radical (unpaired) electrons. The topological polar surface area (TPSA) is 54.7 Å². The fourth-order valence-corrected chi connectivity index (χ4v) is 4.69. The number of allylic oxidation sites excluding steroid dienone is 2. The van der Waals surface area contributed by atoms with E-state index in [1.54, 1.807) is 21.3 Å². The lowest BCUT2D eigenvalue weighted by Crippen LogP contribution is -2.35. The van der Waals surface area contributed by atoms with Crippen molar-refractivity contribution < 1.29 is 14.2 Å².